The van der Waals surface area contributed by atoms with Gasteiger partial charge in [0.15, 0.2) is 11.8 Å². The molecule has 1 aliphatic heterocycles. The molecule has 2 heterocycles. The number of guanidine groups is 1. The number of hydrogen-bond donors (Lipinski definition) is 2. The molecule has 6 nitrogen and oxygen atoms in total. The normalized spacial score (nSPS) is 17.1. The van der Waals surface area contributed by atoms with E-state index in [4.69, 9.17) is 4.99 Å². The standard InChI is InChI=1S/C21H32N6/c1-5-22-21(23-13-12-17-8-6-16(4)7-9-17)24-18-10-11-19-25-20(15(2)3)26-27(19)14-18/h6-9,15,18H,5,10-14H2,1-4H3,(H2,22,23,24). The monoisotopic (exact) mass is 368 g/mol. The van der Waals surface area contributed by atoms with Crippen molar-refractivity contribution in [2.45, 2.75) is 65.5 Å². The van der Waals surface area contributed by atoms with Gasteiger partial charge in [-0.15, -0.1) is 0 Å². The van der Waals surface area contributed by atoms with Crippen molar-refractivity contribution in [3.63, 3.8) is 0 Å². The minimum absolute atomic E-state index is 0.330. The lowest BCUT2D eigenvalue weighted by atomic mass is 10.1. The maximum Gasteiger partial charge on any atom is 0.191 e. The number of nitrogens with zero attached hydrogens (tertiary/aromatic N) is 4. The van der Waals surface area contributed by atoms with Crippen LogP contribution < -0.4 is 10.6 Å². The smallest absolute Gasteiger partial charge is 0.191 e. The number of aryl methyl sites for hydroxylation is 2. The molecule has 27 heavy (non-hydrogen) atoms. The van der Waals surface area contributed by atoms with Gasteiger partial charge in [0.05, 0.1) is 6.54 Å². The predicted octanol–water partition coefficient (Wildman–Crippen LogP) is 2.82. The SMILES string of the molecule is CCNC(=NCCc1ccc(C)cc1)NC1CCc2nc(C(C)C)nn2C1. The fraction of sp³-hybridized carbons (Fsp3) is 0.571. The first-order valence-corrected chi connectivity index (χ1v) is 10.1. The molecule has 1 aromatic carbocycles. The fourth-order valence-corrected chi connectivity index (χ4v) is 3.26. The number of benzene rings is 1. The zero-order valence-corrected chi connectivity index (χ0v) is 17.0. The molecule has 1 atom stereocenters. The van der Waals surface area contributed by atoms with Gasteiger partial charge in [-0.3, -0.25) is 4.99 Å². The van der Waals surface area contributed by atoms with Crippen molar-refractivity contribution in [1.82, 2.24) is 25.4 Å². The lowest BCUT2D eigenvalue weighted by Crippen LogP contribution is -2.47. The molecule has 0 spiro atoms. The molecule has 146 valence electrons. The Kier molecular flexibility index (Phi) is 6.48. The Bertz CT molecular complexity index is 759. The zero-order valence-electron chi connectivity index (χ0n) is 17.0. The van der Waals surface area contributed by atoms with Gasteiger partial charge in [0.25, 0.3) is 0 Å². The second kappa shape index (κ2) is 9.02. The Morgan fingerprint density at radius 2 is 2.07 bits per heavy atom. The van der Waals surface area contributed by atoms with E-state index in [9.17, 15) is 0 Å². The van der Waals surface area contributed by atoms with Crippen LogP contribution in [0.2, 0.25) is 0 Å². The highest BCUT2D eigenvalue weighted by Crippen LogP contribution is 2.17. The average Bonchev–Trinajstić information content (AvgIpc) is 3.07. The van der Waals surface area contributed by atoms with Crippen LogP contribution in [0.3, 0.4) is 0 Å². The Morgan fingerprint density at radius 1 is 1.30 bits per heavy atom. The molecule has 0 aliphatic carbocycles. The van der Waals surface area contributed by atoms with Gasteiger partial charge in [0.2, 0.25) is 0 Å². The van der Waals surface area contributed by atoms with Crippen LogP contribution in [0.4, 0.5) is 0 Å². The fourth-order valence-electron chi connectivity index (χ4n) is 3.26. The van der Waals surface area contributed by atoms with Crippen molar-refractivity contribution in [2.75, 3.05) is 13.1 Å². The summed E-state index contributed by atoms with van der Waals surface area (Å²) in [5, 5.41) is 11.6. The molecule has 0 saturated carbocycles. The summed E-state index contributed by atoms with van der Waals surface area (Å²) in [7, 11) is 0. The number of rotatable bonds is 6. The summed E-state index contributed by atoms with van der Waals surface area (Å²) in [6, 6.07) is 9.02. The first kappa shape index (κ1) is 19.4. The summed E-state index contributed by atoms with van der Waals surface area (Å²) in [6.45, 7) is 11.0. The van der Waals surface area contributed by atoms with Gasteiger partial charge in [-0.2, -0.15) is 5.10 Å². The quantitative estimate of drug-likeness (QED) is 0.608. The van der Waals surface area contributed by atoms with Crippen LogP contribution in [0.15, 0.2) is 29.3 Å². The van der Waals surface area contributed by atoms with Gasteiger partial charge in [0.1, 0.15) is 5.82 Å². The Balaban J connectivity index is 1.57. The van der Waals surface area contributed by atoms with E-state index in [0.29, 0.717) is 12.0 Å². The third kappa shape index (κ3) is 5.31. The number of aliphatic imine (C=N–C) groups is 1. The van der Waals surface area contributed by atoms with Crippen molar-refractivity contribution in [1.29, 1.82) is 0 Å². The molecular formula is C21H32N6. The number of aromatic nitrogens is 3. The average molecular weight is 369 g/mol. The molecule has 0 bridgehead atoms. The molecule has 1 aliphatic rings. The lowest BCUT2D eigenvalue weighted by molar-refractivity contribution is 0.391. The highest BCUT2D eigenvalue weighted by Gasteiger charge is 2.23. The second-order valence-electron chi connectivity index (χ2n) is 7.60. The van der Waals surface area contributed by atoms with Crippen LogP contribution in [0.25, 0.3) is 0 Å². The molecule has 0 saturated heterocycles. The molecule has 0 fully saturated rings. The molecule has 2 aromatic rings. The molecule has 6 heteroatoms. The first-order valence-electron chi connectivity index (χ1n) is 10.1. The minimum atomic E-state index is 0.330. The van der Waals surface area contributed by atoms with Gasteiger partial charge in [-0.05, 0) is 32.3 Å². The van der Waals surface area contributed by atoms with Gasteiger partial charge in [-0.1, -0.05) is 43.7 Å². The highest BCUT2D eigenvalue weighted by atomic mass is 15.4. The Labute approximate surface area is 162 Å². The molecule has 2 N–H and O–H groups in total. The molecule has 1 aromatic heterocycles. The van der Waals surface area contributed by atoms with Crippen molar-refractivity contribution in [3.8, 4) is 0 Å². The van der Waals surface area contributed by atoms with Crippen LogP contribution >= 0.6 is 0 Å². The van der Waals surface area contributed by atoms with Crippen LogP contribution in [0, 0.1) is 6.92 Å². The largest absolute Gasteiger partial charge is 0.357 e. The third-order valence-corrected chi connectivity index (χ3v) is 4.87. The van der Waals surface area contributed by atoms with Gasteiger partial charge < -0.3 is 10.6 Å². The Hall–Kier alpha value is -2.37. The lowest BCUT2D eigenvalue weighted by Gasteiger charge is -2.25. The molecule has 1 unspecified atom stereocenters. The van der Waals surface area contributed by atoms with Crippen LogP contribution in [-0.2, 0) is 19.4 Å². The summed E-state index contributed by atoms with van der Waals surface area (Å²) in [6.07, 6.45) is 2.96. The molecule has 0 radical (unpaired) electrons. The summed E-state index contributed by atoms with van der Waals surface area (Å²) in [4.78, 5) is 9.43. The van der Waals surface area contributed by atoms with E-state index in [-0.39, 0.29) is 0 Å². The summed E-state index contributed by atoms with van der Waals surface area (Å²) in [5.74, 6) is 3.32. The van der Waals surface area contributed by atoms with E-state index < -0.39 is 0 Å². The van der Waals surface area contributed by atoms with Gasteiger partial charge in [0, 0.05) is 31.5 Å². The maximum absolute atomic E-state index is 4.76. The van der Waals surface area contributed by atoms with Crippen molar-refractivity contribution in [3.05, 3.63) is 47.0 Å². The third-order valence-electron chi connectivity index (χ3n) is 4.87. The molecular weight excluding hydrogens is 336 g/mol. The summed E-state index contributed by atoms with van der Waals surface area (Å²) >= 11 is 0. The highest BCUT2D eigenvalue weighted by molar-refractivity contribution is 5.80. The van der Waals surface area contributed by atoms with Crippen molar-refractivity contribution in [2.24, 2.45) is 4.99 Å². The first-order chi connectivity index (χ1) is 13.0. The van der Waals surface area contributed by atoms with Crippen molar-refractivity contribution >= 4 is 5.96 Å². The van der Waals surface area contributed by atoms with E-state index in [1.165, 1.54) is 11.1 Å². The van der Waals surface area contributed by atoms with Crippen LogP contribution in [0.1, 0.15) is 55.9 Å². The molecule has 3 rings (SSSR count). The predicted molar refractivity (Wildman–Crippen MR) is 110 cm³/mol. The van der Waals surface area contributed by atoms with Crippen LogP contribution in [-0.4, -0.2) is 39.9 Å². The van der Waals surface area contributed by atoms with E-state index >= 15 is 0 Å². The number of hydrogen-bond acceptors (Lipinski definition) is 3. The second-order valence-corrected chi connectivity index (χ2v) is 7.60. The van der Waals surface area contributed by atoms with E-state index in [0.717, 1.165) is 56.5 Å². The van der Waals surface area contributed by atoms with Crippen LogP contribution in [0.5, 0.6) is 0 Å². The van der Waals surface area contributed by atoms with E-state index in [2.05, 4.69) is 77.4 Å². The summed E-state index contributed by atoms with van der Waals surface area (Å²) in [5.41, 5.74) is 2.62. The van der Waals surface area contributed by atoms with Crippen molar-refractivity contribution < 1.29 is 0 Å². The number of fused-ring (bicyclic) bond motifs is 1. The maximum atomic E-state index is 4.76. The number of nitrogens with one attached hydrogen (secondary N) is 2. The Morgan fingerprint density at radius 3 is 2.78 bits per heavy atom. The minimum Gasteiger partial charge on any atom is -0.357 e. The summed E-state index contributed by atoms with van der Waals surface area (Å²) < 4.78 is 2.06. The molecule has 0 amide bonds. The van der Waals surface area contributed by atoms with Gasteiger partial charge in [-0.25, -0.2) is 9.67 Å². The van der Waals surface area contributed by atoms with E-state index in [1.807, 2.05) is 0 Å². The van der Waals surface area contributed by atoms with Gasteiger partial charge >= 0.3 is 0 Å². The van der Waals surface area contributed by atoms with E-state index in [1.54, 1.807) is 0 Å². The topological polar surface area (TPSA) is 67.1 Å². The zero-order chi connectivity index (χ0) is 19.2.